The highest BCUT2D eigenvalue weighted by atomic mass is 35.5. The molecule has 0 saturated carbocycles. The monoisotopic (exact) mass is 472 g/mol. The number of nitrogens with two attached hydrogens (primary N) is 1. The number of rotatable bonds is 6. The molecule has 164 valence electrons. The second-order valence-corrected chi connectivity index (χ2v) is 8.98. The number of H-pyrrole nitrogens is 1. The van der Waals surface area contributed by atoms with E-state index < -0.39 is 16.1 Å². The third-order valence-electron chi connectivity index (χ3n) is 4.27. The van der Waals surface area contributed by atoms with Crippen molar-refractivity contribution >= 4 is 44.4 Å². The Morgan fingerprint density at radius 2 is 1.72 bits per heavy atom. The highest BCUT2D eigenvalue weighted by Crippen LogP contribution is 2.31. The first-order valence-corrected chi connectivity index (χ1v) is 11.5. The summed E-state index contributed by atoms with van der Waals surface area (Å²) in [7, 11) is -3.48. The first-order valence-electron chi connectivity index (χ1n) is 9.19. The maximum atomic E-state index is 11.5. The van der Waals surface area contributed by atoms with Gasteiger partial charge in [0.1, 0.15) is 23.1 Å². The number of fused-ring (bicyclic) bond motifs is 1. The molecule has 0 bridgehead atoms. The predicted octanol–water partition coefficient (Wildman–Crippen LogP) is 4.50. The molecule has 0 saturated heterocycles. The number of aromatic nitrogens is 2. The van der Waals surface area contributed by atoms with Crippen LogP contribution in [-0.2, 0) is 10.0 Å². The Balaban J connectivity index is 1.53. The largest absolute Gasteiger partial charge is 0.457 e. The van der Waals surface area contributed by atoms with Gasteiger partial charge in [-0.3, -0.25) is 4.72 Å². The first-order chi connectivity index (χ1) is 15.2. The number of benzene rings is 3. The highest BCUT2D eigenvalue weighted by Gasteiger charge is 2.10. The fourth-order valence-corrected chi connectivity index (χ4v) is 3.76. The summed E-state index contributed by atoms with van der Waals surface area (Å²) in [5, 5.41) is 0.257. The Hall–Kier alpha value is -3.76. The number of nitrogens with one attached hydrogen (secondary N) is 2. The van der Waals surface area contributed by atoms with Gasteiger partial charge in [-0.25, -0.2) is 18.2 Å². The smallest absolute Gasteiger partial charge is 0.409 e. The van der Waals surface area contributed by atoms with Crippen LogP contribution in [0, 0.1) is 0 Å². The van der Waals surface area contributed by atoms with Gasteiger partial charge >= 0.3 is 6.09 Å². The molecule has 1 aromatic heterocycles. The lowest BCUT2D eigenvalue weighted by molar-refractivity contribution is 0.211. The maximum Gasteiger partial charge on any atom is 0.409 e. The normalized spacial score (nSPS) is 11.3. The van der Waals surface area contributed by atoms with Crippen molar-refractivity contribution in [3.63, 3.8) is 0 Å². The van der Waals surface area contributed by atoms with Crippen LogP contribution in [-0.4, -0.2) is 30.7 Å². The molecule has 0 spiro atoms. The average molecular weight is 473 g/mol. The van der Waals surface area contributed by atoms with Crippen molar-refractivity contribution in [3.05, 3.63) is 65.7 Å². The van der Waals surface area contributed by atoms with Gasteiger partial charge < -0.3 is 20.2 Å². The average Bonchev–Trinajstić information content (AvgIpc) is 3.13. The number of carbonyl (C=O) groups excluding carboxylic acids is 1. The minimum atomic E-state index is -3.48. The summed E-state index contributed by atoms with van der Waals surface area (Å²) < 4.78 is 36.0. The minimum absolute atomic E-state index is 0.227. The number of hydrogen-bond acceptors (Lipinski definition) is 6. The second kappa shape index (κ2) is 8.40. The molecule has 0 atom stereocenters. The number of aromatic amines is 1. The van der Waals surface area contributed by atoms with Crippen LogP contribution >= 0.6 is 11.6 Å². The first kappa shape index (κ1) is 21.5. The zero-order valence-corrected chi connectivity index (χ0v) is 18.2. The van der Waals surface area contributed by atoms with E-state index in [1.807, 2.05) is 12.1 Å². The number of sulfonamides is 1. The summed E-state index contributed by atoms with van der Waals surface area (Å²) >= 11 is 6.04. The summed E-state index contributed by atoms with van der Waals surface area (Å²) in [6, 6.07) is 16.8. The van der Waals surface area contributed by atoms with Gasteiger partial charge in [0, 0.05) is 17.7 Å². The van der Waals surface area contributed by atoms with E-state index in [1.54, 1.807) is 42.5 Å². The van der Waals surface area contributed by atoms with E-state index in [9.17, 15) is 13.2 Å². The van der Waals surface area contributed by atoms with Crippen molar-refractivity contribution in [1.82, 2.24) is 9.97 Å². The Morgan fingerprint density at radius 1 is 1.03 bits per heavy atom. The zero-order chi connectivity index (χ0) is 22.9. The van der Waals surface area contributed by atoms with Gasteiger partial charge in [-0.15, -0.1) is 0 Å². The Morgan fingerprint density at radius 3 is 2.41 bits per heavy atom. The van der Waals surface area contributed by atoms with Gasteiger partial charge in [0.05, 0.1) is 28.0 Å². The van der Waals surface area contributed by atoms with E-state index in [0.717, 1.165) is 11.8 Å². The molecule has 1 amide bonds. The number of hydrogen-bond donors (Lipinski definition) is 3. The molecule has 0 aliphatic rings. The fourth-order valence-electron chi connectivity index (χ4n) is 2.97. The molecule has 1 heterocycles. The lowest BCUT2D eigenvalue weighted by Crippen LogP contribution is -2.16. The summed E-state index contributed by atoms with van der Waals surface area (Å²) in [4.78, 5) is 18.6. The molecule has 4 aromatic rings. The molecule has 0 radical (unpaired) electrons. The lowest BCUT2D eigenvalue weighted by Gasteiger charge is -2.10. The van der Waals surface area contributed by atoms with Crippen molar-refractivity contribution in [2.45, 2.75) is 0 Å². The summed E-state index contributed by atoms with van der Waals surface area (Å²) in [5.41, 5.74) is 7.46. The van der Waals surface area contributed by atoms with Crippen molar-refractivity contribution < 1.29 is 22.7 Å². The summed E-state index contributed by atoms with van der Waals surface area (Å²) in [6.07, 6.45) is 0.152. The zero-order valence-electron chi connectivity index (χ0n) is 16.6. The standard InChI is InChI=1S/C21H17ClN4O5S/c1-32(28,29)26-18-10-14(6-8-16(18)22)30-13-4-2-12(3-5-13)20-24-17-9-7-15(31-21(23)27)11-19(17)25-20/h2-11,26H,1H3,(H2,23,27)(H,24,25). The van der Waals surface area contributed by atoms with Crippen LogP contribution < -0.4 is 19.9 Å². The molecule has 11 heteroatoms. The Labute approximate surface area is 188 Å². The third kappa shape index (κ3) is 5.10. The molecular weight excluding hydrogens is 456 g/mol. The molecule has 9 nitrogen and oxygen atoms in total. The number of amides is 1. The highest BCUT2D eigenvalue weighted by molar-refractivity contribution is 7.92. The van der Waals surface area contributed by atoms with Gasteiger partial charge in [-0.05, 0) is 48.5 Å². The van der Waals surface area contributed by atoms with Crippen LogP contribution in [0.1, 0.15) is 0 Å². The fraction of sp³-hybridized carbons (Fsp3) is 0.0476. The van der Waals surface area contributed by atoms with E-state index >= 15 is 0 Å². The summed E-state index contributed by atoms with van der Waals surface area (Å²) in [5.74, 6) is 1.89. The van der Waals surface area contributed by atoms with E-state index in [4.69, 9.17) is 26.8 Å². The maximum absolute atomic E-state index is 11.5. The number of anilines is 1. The van der Waals surface area contributed by atoms with Crippen LogP contribution in [0.2, 0.25) is 5.02 Å². The van der Waals surface area contributed by atoms with Gasteiger partial charge in [-0.1, -0.05) is 11.6 Å². The van der Waals surface area contributed by atoms with Gasteiger partial charge in [0.15, 0.2) is 0 Å². The van der Waals surface area contributed by atoms with Crippen LogP contribution in [0.5, 0.6) is 17.2 Å². The van der Waals surface area contributed by atoms with Crippen molar-refractivity contribution in [1.29, 1.82) is 0 Å². The number of carbonyl (C=O) groups is 1. The number of ether oxygens (including phenoxy) is 2. The van der Waals surface area contributed by atoms with Gasteiger partial charge in [0.25, 0.3) is 0 Å². The molecular formula is C21H17ClN4O5S. The molecule has 0 fully saturated rings. The van der Waals surface area contributed by atoms with Crippen molar-refractivity contribution in [2.24, 2.45) is 5.73 Å². The second-order valence-electron chi connectivity index (χ2n) is 6.83. The van der Waals surface area contributed by atoms with Crippen LogP contribution in [0.15, 0.2) is 60.7 Å². The molecule has 4 rings (SSSR count). The van der Waals surface area contributed by atoms with Crippen LogP contribution in [0.25, 0.3) is 22.4 Å². The molecule has 0 aliphatic heterocycles. The Kier molecular flexibility index (Phi) is 5.64. The van der Waals surface area contributed by atoms with E-state index in [2.05, 4.69) is 14.7 Å². The molecule has 32 heavy (non-hydrogen) atoms. The molecule has 0 aliphatic carbocycles. The molecule has 3 aromatic carbocycles. The van der Waals surface area contributed by atoms with E-state index in [0.29, 0.717) is 34.1 Å². The number of halogens is 1. The van der Waals surface area contributed by atoms with Gasteiger partial charge in [0.2, 0.25) is 10.0 Å². The summed E-state index contributed by atoms with van der Waals surface area (Å²) in [6.45, 7) is 0. The van der Waals surface area contributed by atoms with E-state index in [-0.39, 0.29) is 10.7 Å². The number of imidazole rings is 1. The topological polar surface area (TPSA) is 136 Å². The number of nitrogens with zero attached hydrogens (tertiary/aromatic N) is 1. The Bertz CT molecular complexity index is 1420. The van der Waals surface area contributed by atoms with Crippen LogP contribution in [0.3, 0.4) is 0 Å². The van der Waals surface area contributed by atoms with Crippen molar-refractivity contribution in [3.8, 4) is 28.6 Å². The molecule has 0 unspecified atom stereocenters. The predicted molar refractivity (Wildman–Crippen MR) is 122 cm³/mol. The van der Waals surface area contributed by atoms with Crippen LogP contribution in [0.4, 0.5) is 10.5 Å². The lowest BCUT2D eigenvalue weighted by atomic mass is 10.2. The number of primary amides is 1. The van der Waals surface area contributed by atoms with Gasteiger partial charge in [-0.2, -0.15) is 0 Å². The quantitative estimate of drug-likeness (QED) is 0.377. The SMILES string of the molecule is CS(=O)(=O)Nc1cc(Oc2ccc(-c3nc4ccc(OC(N)=O)cc4[nH]3)cc2)ccc1Cl. The molecule has 4 N–H and O–H groups in total. The minimum Gasteiger partial charge on any atom is -0.457 e. The third-order valence-corrected chi connectivity index (χ3v) is 5.19. The van der Waals surface area contributed by atoms with E-state index in [1.165, 1.54) is 6.07 Å². The van der Waals surface area contributed by atoms with Crippen molar-refractivity contribution in [2.75, 3.05) is 11.0 Å².